The van der Waals surface area contributed by atoms with Crippen molar-refractivity contribution in [2.45, 2.75) is 20.5 Å². The molecule has 30 heavy (non-hydrogen) atoms. The minimum atomic E-state index is -0.281. The summed E-state index contributed by atoms with van der Waals surface area (Å²) in [6, 6.07) is 9.96. The third-order valence-electron chi connectivity index (χ3n) is 4.34. The van der Waals surface area contributed by atoms with Gasteiger partial charge in [0.25, 0.3) is 5.91 Å². The van der Waals surface area contributed by atoms with Crippen molar-refractivity contribution in [1.29, 1.82) is 0 Å². The predicted molar refractivity (Wildman–Crippen MR) is 127 cm³/mol. The molecule has 0 spiro atoms. The Labute approximate surface area is 193 Å². The van der Waals surface area contributed by atoms with E-state index in [1.165, 1.54) is 23.9 Å². The van der Waals surface area contributed by atoms with Gasteiger partial charge in [-0.05, 0) is 89.7 Å². The number of hydrogen-bond donors (Lipinski definition) is 0. The molecule has 1 heterocycles. The summed E-state index contributed by atoms with van der Waals surface area (Å²) < 4.78 is 25.4. The van der Waals surface area contributed by atoms with Crippen LogP contribution >= 0.6 is 34.4 Å². The average Bonchev–Trinajstić information content (AvgIpc) is 3.02. The number of benzene rings is 2. The van der Waals surface area contributed by atoms with Crippen LogP contribution in [-0.2, 0) is 11.4 Å². The molecule has 1 aliphatic heterocycles. The Kier molecular flexibility index (Phi) is 7.76. The number of likely N-dealkylation sites (N-methyl/N-ethyl adjacent to an activating group) is 1. The lowest BCUT2D eigenvalue weighted by molar-refractivity contribution is -0.122. The van der Waals surface area contributed by atoms with Gasteiger partial charge in [-0.2, -0.15) is 0 Å². The van der Waals surface area contributed by atoms with Crippen LogP contribution in [0.4, 0.5) is 4.39 Å². The molecule has 1 aliphatic rings. The Morgan fingerprint density at radius 3 is 2.60 bits per heavy atom. The monoisotopic (exact) mass is 540 g/mol. The molecule has 1 saturated heterocycles. The van der Waals surface area contributed by atoms with Crippen molar-refractivity contribution < 1.29 is 18.7 Å². The topological polar surface area (TPSA) is 51.1 Å². The molecule has 0 N–H and O–H groups in total. The number of carbonyl (C=O) groups excluding carboxylic acids is 1. The van der Waals surface area contributed by atoms with Gasteiger partial charge in [-0.3, -0.25) is 14.7 Å². The molecular formula is C22H22FIN2O3S. The van der Waals surface area contributed by atoms with Gasteiger partial charge in [0.05, 0.1) is 15.6 Å². The van der Waals surface area contributed by atoms with E-state index in [0.29, 0.717) is 36.1 Å². The number of nitrogens with zero attached hydrogens (tertiary/aromatic N) is 2. The Morgan fingerprint density at radius 1 is 1.23 bits per heavy atom. The number of amidine groups is 1. The van der Waals surface area contributed by atoms with Crippen LogP contribution in [0.25, 0.3) is 6.08 Å². The van der Waals surface area contributed by atoms with Gasteiger partial charge in [-0.15, -0.1) is 0 Å². The van der Waals surface area contributed by atoms with Gasteiger partial charge in [0.15, 0.2) is 16.7 Å². The SMILES string of the molecule is CCN=C1S/C(=C\c2cc(I)c(OCc3ccc(F)cc3)c(OC)c2)C(=O)N1CC. The van der Waals surface area contributed by atoms with Gasteiger partial charge in [0, 0.05) is 13.1 Å². The van der Waals surface area contributed by atoms with Crippen molar-refractivity contribution in [2.24, 2.45) is 4.99 Å². The standard InChI is InChI=1S/C22H22FIN2O3S/c1-4-25-22-26(5-2)21(27)19(30-22)12-15-10-17(24)20(18(11-15)28-3)29-13-14-6-8-16(23)9-7-14/h6-12H,4-5,13H2,1-3H3/b19-12-,25-22?. The number of aliphatic imine (C=N–C) groups is 1. The Bertz CT molecular complexity index is 993. The summed E-state index contributed by atoms with van der Waals surface area (Å²) in [6.45, 7) is 5.39. The molecule has 0 radical (unpaired) electrons. The van der Waals surface area contributed by atoms with Gasteiger partial charge >= 0.3 is 0 Å². The molecule has 5 nitrogen and oxygen atoms in total. The number of halogens is 2. The molecule has 0 saturated carbocycles. The van der Waals surface area contributed by atoms with E-state index in [4.69, 9.17) is 9.47 Å². The van der Waals surface area contributed by atoms with Crippen molar-refractivity contribution in [1.82, 2.24) is 4.90 Å². The van der Waals surface area contributed by atoms with Crippen LogP contribution in [0, 0.1) is 9.39 Å². The highest BCUT2D eigenvalue weighted by Gasteiger charge is 2.31. The van der Waals surface area contributed by atoms with Gasteiger partial charge in [-0.25, -0.2) is 4.39 Å². The maximum absolute atomic E-state index is 13.1. The minimum absolute atomic E-state index is 0.0414. The summed E-state index contributed by atoms with van der Waals surface area (Å²) in [6.07, 6.45) is 1.85. The average molecular weight is 540 g/mol. The van der Waals surface area contributed by atoms with Gasteiger partial charge < -0.3 is 9.47 Å². The van der Waals surface area contributed by atoms with Crippen LogP contribution in [0.1, 0.15) is 25.0 Å². The molecule has 0 unspecified atom stereocenters. The second-order valence-electron chi connectivity index (χ2n) is 6.37. The van der Waals surface area contributed by atoms with E-state index in [-0.39, 0.29) is 11.7 Å². The molecule has 1 fully saturated rings. The normalized spacial score (nSPS) is 16.6. The van der Waals surface area contributed by atoms with Crippen molar-refractivity contribution in [3.8, 4) is 11.5 Å². The first kappa shape index (κ1) is 22.6. The lowest BCUT2D eigenvalue weighted by Crippen LogP contribution is -2.28. The van der Waals surface area contributed by atoms with Gasteiger partial charge in [0.2, 0.25) is 0 Å². The quantitative estimate of drug-likeness (QED) is 0.352. The molecule has 158 valence electrons. The predicted octanol–water partition coefficient (Wildman–Crippen LogP) is 5.33. The summed E-state index contributed by atoms with van der Waals surface area (Å²) in [5.74, 6) is 0.858. The zero-order chi connectivity index (χ0) is 21.7. The van der Waals surface area contributed by atoms with E-state index in [0.717, 1.165) is 19.9 Å². The summed E-state index contributed by atoms with van der Waals surface area (Å²) in [5, 5.41) is 0.733. The fraction of sp³-hybridized carbons (Fsp3) is 0.273. The highest BCUT2D eigenvalue weighted by atomic mass is 127. The van der Waals surface area contributed by atoms with E-state index in [1.54, 1.807) is 24.1 Å². The molecule has 0 aromatic heterocycles. The van der Waals surface area contributed by atoms with Crippen molar-refractivity contribution >= 4 is 51.5 Å². The van der Waals surface area contributed by atoms with Crippen molar-refractivity contribution in [2.75, 3.05) is 20.2 Å². The highest BCUT2D eigenvalue weighted by Crippen LogP contribution is 2.37. The fourth-order valence-electron chi connectivity index (χ4n) is 2.89. The maximum Gasteiger partial charge on any atom is 0.266 e. The zero-order valence-electron chi connectivity index (χ0n) is 16.9. The lowest BCUT2D eigenvalue weighted by atomic mass is 10.1. The molecule has 3 rings (SSSR count). The third-order valence-corrected chi connectivity index (χ3v) is 6.19. The second kappa shape index (κ2) is 10.3. The number of amides is 1. The van der Waals surface area contributed by atoms with Crippen LogP contribution in [0.3, 0.4) is 0 Å². The van der Waals surface area contributed by atoms with E-state index in [1.807, 2.05) is 32.1 Å². The molecule has 2 aromatic rings. The van der Waals surface area contributed by atoms with Crippen molar-refractivity contribution in [3.63, 3.8) is 0 Å². The first-order chi connectivity index (χ1) is 14.5. The smallest absolute Gasteiger partial charge is 0.266 e. The zero-order valence-corrected chi connectivity index (χ0v) is 19.9. The van der Waals surface area contributed by atoms with Gasteiger partial charge in [-0.1, -0.05) is 12.1 Å². The number of ether oxygens (including phenoxy) is 2. The molecule has 0 bridgehead atoms. The molecule has 8 heteroatoms. The largest absolute Gasteiger partial charge is 0.493 e. The van der Waals surface area contributed by atoms with Crippen molar-refractivity contribution in [3.05, 3.63) is 61.8 Å². The Morgan fingerprint density at radius 2 is 1.97 bits per heavy atom. The fourth-order valence-corrected chi connectivity index (χ4v) is 4.78. The molecule has 2 aromatic carbocycles. The van der Waals surface area contributed by atoms with Gasteiger partial charge in [0.1, 0.15) is 12.4 Å². The summed E-state index contributed by atoms with van der Waals surface area (Å²) in [5.41, 5.74) is 1.70. The highest BCUT2D eigenvalue weighted by molar-refractivity contribution is 14.1. The number of methoxy groups -OCH3 is 1. The third kappa shape index (κ3) is 5.15. The lowest BCUT2D eigenvalue weighted by Gasteiger charge is -2.14. The first-order valence-electron chi connectivity index (χ1n) is 9.47. The molecule has 0 aliphatic carbocycles. The Balaban J connectivity index is 1.84. The van der Waals surface area contributed by atoms with E-state index in [9.17, 15) is 9.18 Å². The summed E-state index contributed by atoms with van der Waals surface area (Å²) in [4.78, 5) is 19.4. The van der Waals surface area contributed by atoms with Crippen LogP contribution in [0.2, 0.25) is 0 Å². The van der Waals surface area contributed by atoms with Crippen LogP contribution in [0.5, 0.6) is 11.5 Å². The van der Waals surface area contributed by atoms with Crippen LogP contribution in [0.15, 0.2) is 46.3 Å². The second-order valence-corrected chi connectivity index (χ2v) is 8.54. The number of rotatable bonds is 7. The number of carbonyl (C=O) groups is 1. The molecular weight excluding hydrogens is 518 g/mol. The van der Waals surface area contributed by atoms with E-state index >= 15 is 0 Å². The number of hydrogen-bond acceptors (Lipinski definition) is 5. The molecule has 0 atom stereocenters. The van der Waals surface area contributed by atoms with E-state index < -0.39 is 0 Å². The number of thioether (sulfide) groups is 1. The van der Waals surface area contributed by atoms with Crippen LogP contribution in [-0.4, -0.2) is 36.2 Å². The summed E-state index contributed by atoms with van der Waals surface area (Å²) in [7, 11) is 1.58. The Hall–Kier alpha value is -2.07. The minimum Gasteiger partial charge on any atom is -0.493 e. The first-order valence-corrected chi connectivity index (χ1v) is 11.4. The summed E-state index contributed by atoms with van der Waals surface area (Å²) >= 11 is 3.57. The van der Waals surface area contributed by atoms with Crippen LogP contribution < -0.4 is 9.47 Å². The molecule has 1 amide bonds. The van der Waals surface area contributed by atoms with E-state index in [2.05, 4.69) is 27.6 Å². The maximum atomic E-state index is 13.1.